The summed E-state index contributed by atoms with van der Waals surface area (Å²) in [6.45, 7) is 5.75. The second-order valence-corrected chi connectivity index (χ2v) is 8.50. The number of fused-ring (bicyclic) bond motifs is 1. The normalized spacial score (nSPS) is 25.6. The number of amides is 2. The van der Waals surface area contributed by atoms with Crippen LogP contribution in [0.3, 0.4) is 0 Å². The molecule has 0 N–H and O–H groups in total. The van der Waals surface area contributed by atoms with Gasteiger partial charge in [-0.3, -0.25) is 9.59 Å². The Morgan fingerprint density at radius 1 is 1.17 bits per heavy atom. The Morgan fingerprint density at radius 2 is 1.75 bits per heavy atom. The van der Waals surface area contributed by atoms with Gasteiger partial charge < -0.3 is 14.3 Å². The molecule has 0 aromatic carbocycles. The highest BCUT2D eigenvalue weighted by Gasteiger charge is 2.49. The summed E-state index contributed by atoms with van der Waals surface area (Å²) in [5, 5.41) is 3.80. The first-order chi connectivity index (χ1) is 11.2. The summed E-state index contributed by atoms with van der Waals surface area (Å²) in [4.78, 5) is 28.3. The quantitative estimate of drug-likeness (QED) is 0.749. The number of aromatic nitrogens is 1. The largest absolute Gasteiger partial charge is 0.361 e. The lowest BCUT2D eigenvalue weighted by molar-refractivity contribution is -0.135. The maximum absolute atomic E-state index is 12.9. The van der Waals surface area contributed by atoms with Crippen LogP contribution in [-0.2, 0) is 14.6 Å². The van der Waals surface area contributed by atoms with Crippen molar-refractivity contribution in [1.82, 2.24) is 15.0 Å². The maximum atomic E-state index is 12.9. The molecule has 0 bridgehead atoms. The van der Waals surface area contributed by atoms with E-state index in [2.05, 4.69) is 5.16 Å². The highest BCUT2D eigenvalue weighted by molar-refractivity contribution is 7.91. The zero-order valence-corrected chi connectivity index (χ0v) is 14.8. The molecule has 8 nitrogen and oxygen atoms in total. The number of carbonyl (C=O) groups is 2. The third-order valence-corrected chi connectivity index (χ3v) is 6.51. The first-order valence-electron chi connectivity index (χ1n) is 7.99. The van der Waals surface area contributed by atoms with Gasteiger partial charge in [0.1, 0.15) is 11.3 Å². The van der Waals surface area contributed by atoms with E-state index in [1.54, 1.807) is 30.6 Å². The second kappa shape index (κ2) is 5.87. The van der Waals surface area contributed by atoms with Crippen molar-refractivity contribution >= 4 is 21.7 Å². The van der Waals surface area contributed by atoms with Crippen molar-refractivity contribution in [3.63, 3.8) is 0 Å². The maximum Gasteiger partial charge on any atom is 0.259 e. The summed E-state index contributed by atoms with van der Waals surface area (Å²) >= 11 is 0. The molecule has 2 amide bonds. The number of nitrogens with zero attached hydrogens (tertiary/aromatic N) is 3. The monoisotopic (exact) mass is 355 g/mol. The average molecular weight is 355 g/mol. The zero-order chi connectivity index (χ0) is 17.6. The van der Waals surface area contributed by atoms with Gasteiger partial charge in [-0.1, -0.05) is 12.1 Å². The Balaban J connectivity index is 1.94. The van der Waals surface area contributed by atoms with E-state index >= 15 is 0 Å². The Kier molecular flexibility index (Phi) is 4.15. The van der Waals surface area contributed by atoms with Crippen molar-refractivity contribution in [2.24, 2.45) is 0 Å². The summed E-state index contributed by atoms with van der Waals surface area (Å²) in [6, 6.07) is -0.985. The van der Waals surface area contributed by atoms with Crippen LogP contribution >= 0.6 is 0 Å². The molecule has 2 atom stereocenters. The van der Waals surface area contributed by atoms with Gasteiger partial charge in [-0.2, -0.15) is 0 Å². The number of piperazine rings is 1. The van der Waals surface area contributed by atoms with Gasteiger partial charge in [0.2, 0.25) is 5.91 Å². The average Bonchev–Trinajstić information content (AvgIpc) is 3.02. The van der Waals surface area contributed by atoms with E-state index in [0.29, 0.717) is 36.5 Å². The van der Waals surface area contributed by atoms with E-state index in [-0.39, 0.29) is 23.3 Å². The van der Waals surface area contributed by atoms with Crippen molar-refractivity contribution in [3.8, 4) is 0 Å². The molecule has 1 aromatic heterocycles. The first kappa shape index (κ1) is 16.9. The Hall–Kier alpha value is -1.90. The van der Waals surface area contributed by atoms with E-state index in [1.807, 2.05) is 0 Å². The standard InChI is InChI=1S/C15H21N3O5S/c1-4-13(19)17-5-6-18(12-8-24(21,22)7-11(12)17)15(20)14-9(2)16-23-10(14)3/h11-12H,4-8H2,1-3H3/t11-,12+/m1/s1. The predicted octanol–water partition coefficient (Wildman–Crippen LogP) is 0.151. The van der Waals surface area contributed by atoms with Crippen molar-refractivity contribution in [3.05, 3.63) is 17.0 Å². The van der Waals surface area contributed by atoms with Gasteiger partial charge >= 0.3 is 0 Å². The van der Waals surface area contributed by atoms with Crippen LogP contribution in [0.1, 0.15) is 35.2 Å². The van der Waals surface area contributed by atoms with E-state index < -0.39 is 21.9 Å². The van der Waals surface area contributed by atoms with Gasteiger partial charge in [0.05, 0.1) is 29.3 Å². The van der Waals surface area contributed by atoms with Gasteiger partial charge in [0.15, 0.2) is 9.84 Å². The smallest absolute Gasteiger partial charge is 0.259 e. The number of hydrogen-bond acceptors (Lipinski definition) is 6. The van der Waals surface area contributed by atoms with Crippen LogP contribution in [-0.4, -0.2) is 71.9 Å². The third-order valence-electron chi connectivity index (χ3n) is 4.81. The lowest BCUT2D eigenvalue weighted by Crippen LogP contribution is -2.62. The van der Waals surface area contributed by atoms with E-state index in [4.69, 9.17) is 4.52 Å². The summed E-state index contributed by atoms with van der Waals surface area (Å²) in [7, 11) is -3.29. The van der Waals surface area contributed by atoms with Gasteiger partial charge in [-0.15, -0.1) is 0 Å². The molecular weight excluding hydrogens is 334 g/mol. The molecule has 2 saturated heterocycles. The molecule has 1 aromatic rings. The summed E-state index contributed by atoms with van der Waals surface area (Å²) in [5.41, 5.74) is 0.871. The molecule has 3 heterocycles. The number of hydrogen-bond donors (Lipinski definition) is 0. The molecule has 2 aliphatic heterocycles. The third kappa shape index (κ3) is 2.70. The Morgan fingerprint density at radius 3 is 2.29 bits per heavy atom. The van der Waals surface area contributed by atoms with Crippen LogP contribution in [0.15, 0.2) is 4.52 Å². The number of carbonyl (C=O) groups excluding carboxylic acids is 2. The lowest BCUT2D eigenvalue weighted by Gasteiger charge is -2.43. The first-order valence-corrected chi connectivity index (χ1v) is 9.81. The summed E-state index contributed by atoms with van der Waals surface area (Å²) in [5.74, 6) is -0.134. The fourth-order valence-corrected chi connectivity index (χ4v) is 5.63. The Labute approximate surface area is 140 Å². The number of rotatable bonds is 2. The van der Waals surface area contributed by atoms with Crippen molar-refractivity contribution in [1.29, 1.82) is 0 Å². The number of aryl methyl sites for hydroxylation is 2. The zero-order valence-electron chi connectivity index (χ0n) is 14.0. The van der Waals surface area contributed by atoms with Crippen molar-refractivity contribution < 1.29 is 22.5 Å². The molecule has 0 saturated carbocycles. The molecule has 0 spiro atoms. The highest BCUT2D eigenvalue weighted by Crippen LogP contribution is 2.29. The SMILES string of the molecule is CCC(=O)N1CCN(C(=O)c2c(C)noc2C)[C@H]2CS(=O)(=O)C[C@H]21. The number of sulfone groups is 1. The highest BCUT2D eigenvalue weighted by atomic mass is 32.2. The van der Waals surface area contributed by atoms with Gasteiger partial charge in [0.25, 0.3) is 5.91 Å². The molecule has 0 aliphatic carbocycles. The molecule has 2 aliphatic rings. The van der Waals surface area contributed by atoms with E-state index in [9.17, 15) is 18.0 Å². The molecule has 24 heavy (non-hydrogen) atoms. The minimum Gasteiger partial charge on any atom is -0.361 e. The minimum absolute atomic E-state index is 0.0773. The molecule has 2 fully saturated rings. The Bertz CT molecular complexity index is 766. The van der Waals surface area contributed by atoms with Gasteiger partial charge in [0, 0.05) is 19.5 Å². The molecule has 3 rings (SSSR count). The van der Waals surface area contributed by atoms with E-state index in [1.165, 1.54) is 0 Å². The molecule has 0 radical (unpaired) electrons. The van der Waals surface area contributed by atoms with Crippen LogP contribution in [0.4, 0.5) is 0 Å². The second-order valence-electron chi connectivity index (χ2n) is 6.35. The topological polar surface area (TPSA) is 101 Å². The van der Waals surface area contributed by atoms with Crippen molar-refractivity contribution in [2.75, 3.05) is 24.6 Å². The fraction of sp³-hybridized carbons (Fsp3) is 0.667. The van der Waals surface area contributed by atoms with Gasteiger partial charge in [-0.25, -0.2) is 8.42 Å². The molecule has 9 heteroatoms. The summed E-state index contributed by atoms with van der Waals surface area (Å²) in [6.07, 6.45) is 0.321. The molecule has 0 unspecified atom stereocenters. The minimum atomic E-state index is -3.29. The fourth-order valence-electron chi connectivity index (χ4n) is 3.65. The molecule has 132 valence electrons. The summed E-state index contributed by atoms with van der Waals surface area (Å²) < 4.78 is 29.3. The molecular formula is C15H21N3O5S. The predicted molar refractivity (Wildman–Crippen MR) is 85.2 cm³/mol. The van der Waals surface area contributed by atoms with Crippen LogP contribution < -0.4 is 0 Å². The van der Waals surface area contributed by atoms with E-state index in [0.717, 1.165) is 0 Å². The van der Waals surface area contributed by atoms with Crippen LogP contribution in [0.25, 0.3) is 0 Å². The van der Waals surface area contributed by atoms with Crippen LogP contribution in [0.5, 0.6) is 0 Å². The van der Waals surface area contributed by atoms with Gasteiger partial charge in [-0.05, 0) is 13.8 Å². The van der Waals surface area contributed by atoms with Crippen LogP contribution in [0.2, 0.25) is 0 Å². The lowest BCUT2D eigenvalue weighted by atomic mass is 10.0. The van der Waals surface area contributed by atoms with Crippen LogP contribution in [0, 0.1) is 13.8 Å². The van der Waals surface area contributed by atoms with Crippen molar-refractivity contribution in [2.45, 2.75) is 39.3 Å².